The van der Waals surface area contributed by atoms with Crippen LogP contribution in [-0.4, -0.2) is 28.5 Å². The SMILES string of the molecule is Cc1nc(-c2cccc(N3C[C@H](C(=O)Nc4cccc(F)c4)CC3=O)c2)no1. The van der Waals surface area contributed by atoms with Gasteiger partial charge in [-0.15, -0.1) is 0 Å². The van der Waals surface area contributed by atoms with Gasteiger partial charge in [0.1, 0.15) is 5.82 Å². The molecule has 1 aliphatic heterocycles. The highest BCUT2D eigenvalue weighted by Gasteiger charge is 2.35. The first-order valence-electron chi connectivity index (χ1n) is 8.77. The Hall–Kier alpha value is -3.55. The van der Waals surface area contributed by atoms with E-state index >= 15 is 0 Å². The van der Waals surface area contributed by atoms with E-state index in [1.54, 1.807) is 36.1 Å². The lowest BCUT2D eigenvalue weighted by Gasteiger charge is -2.17. The first-order valence-corrected chi connectivity index (χ1v) is 8.77. The molecule has 1 fully saturated rings. The molecule has 1 saturated heterocycles. The molecule has 0 saturated carbocycles. The molecule has 0 unspecified atom stereocenters. The summed E-state index contributed by atoms with van der Waals surface area (Å²) in [7, 11) is 0. The summed E-state index contributed by atoms with van der Waals surface area (Å²) in [5, 5.41) is 6.55. The molecule has 1 aliphatic rings. The summed E-state index contributed by atoms with van der Waals surface area (Å²) in [4.78, 5) is 30.7. The van der Waals surface area contributed by atoms with Crippen molar-refractivity contribution in [3.05, 3.63) is 60.2 Å². The Morgan fingerprint density at radius 2 is 2.07 bits per heavy atom. The number of nitrogens with zero attached hydrogens (tertiary/aromatic N) is 3. The maximum Gasteiger partial charge on any atom is 0.229 e. The van der Waals surface area contributed by atoms with Crippen molar-refractivity contribution in [2.75, 3.05) is 16.8 Å². The summed E-state index contributed by atoms with van der Waals surface area (Å²) in [6, 6.07) is 12.9. The summed E-state index contributed by atoms with van der Waals surface area (Å²) < 4.78 is 18.3. The molecular formula is C20H17FN4O3. The van der Waals surface area contributed by atoms with Crippen LogP contribution in [0.25, 0.3) is 11.4 Å². The van der Waals surface area contributed by atoms with Gasteiger partial charge in [-0.25, -0.2) is 4.39 Å². The third-order valence-electron chi connectivity index (χ3n) is 4.53. The number of anilines is 2. The largest absolute Gasteiger partial charge is 0.339 e. The molecule has 1 N–H and O–H groups in total. The number of rotatable bonds is 4. The molecule has 1 atom stereocenters. The zero-order chi connectivity index (χ0) is 19.7. The molecule has 0 bridgehead atoms. The van der Waals surface area contributed by atoms with E-state index < -0.39 is 11.7 Å². The van der Waals surface area contributed by atoms with Gasteiger partial charge in [0.25, 0.3) is 0 Å². The first-order chi connectivity index (χ1) is 13.5. The lowest BCUT2D eigenvalue weighted by Crippen LogP contribution is -2.28. The fourth-order valence-corrected chi connectivity index (χ4v) is 3.17. The number of nitrogens with one attached hydrogen (secondary N) is 1. The van der Waals surface area contributed by atoms with Crippen LogP contribution < -0.4 is 10.2 Å². The highest BCUT2D eigenvalue weighted by atomic mass is 19.1. The van der Waals surface area contributed by atoms with Gasteiger partial charge in [-0.05, 0) is 30.3 Å². The van der Waals surface area contributed by atoms with Crippen LogP contribution in [0.2, 0.25) is 0 Å². The van der Waals surface area contributed by atoms with Gasteiger partial charge in [0, 0.05) is 36.8 Å². The molecule has 142 valence electrons. The molecule has 2 aromatic carbocycles. The molecule has 3 aromatic rings. The number of hydrogen-bond donors (Lipinski definition) is 1. The fourth-order valence-electron chi connectivity index (χ4n) is 3.17. The first kappa shape index (κ1) is 17.8. The van der Waals surface area contributed by atoms with Gasteiger partial charge in [-0.3, -0.25) is 9.59 Å². The second-order valence-electron chi connectivity index (χ2n) is 6.59. The van der Waals surface area contributed by atoms with Crippen molar-refractivity contribution in [1.82, 2.24) is 10.1 Å². The van der Waals surface area contributed by atoms with E-state index in [4.69, 9.17) is 4.52 Å². The Balaban J connectivity index is 1.50. The number of carbonyl (C=O) groups is 2. The molecule has 2 amide bonds. The molecule has 8 heteroatoms. The number of halogens is 1. The topological polar surface area (TPSA) is 88.3 Å². The molecule has 0 radical (unpaired) electrons. The highest BCUT2D eigenvalue weighted by molar-refractivity contribution is 6.03. The lowest BCUT2D eigenvalue weighted by molar-refractivity contribution is -0.122. The van der Waals surface area contributed by atoms with Crippen LogP contribution in [0.5, 0.6) is 0 Å². The Bertz CT molecular complexity index is 1050. The van der Waals surface area contributed by atoms with Crippen LogP contribution in [0.15, 0.2) is 53.1 Å². The Morgan fingerprint density at radius 1 is 1.25 bits per heavy atom. The third kappa shape index (κ3) is 3.62. The minimum atomic E-state index is -0.521. The van der Waals surface area contributed by atoms with E-state index in [2.05, 4.69) is 15.5 Å². The molecule has 7 nitrogen and oxygen atoms in total. The maximum atomic E-state index is 13.3. The second-order valence-corrected chi connectivity index (χ2v) is 6.59. The zero-order valence-corrected chi connectivity index (χ0v) is 15.1. The minimum absolute atomic E-state index is 0.0900. The van der Waals surface area contributed by atoms with E-state index in [1.165, 1.54) is 18.2 Å². The van der Waals surface area contributed by atoms with Crippen molar-refractivity contribution >= 4 is 23.2 Å². The van der Waals surface area contributed by atoms with Gasteiger partial charge in [0.05, 0.1) is 5.92 Å². The highest BCUT2D eigenvalue weighted by Crippen LogP contribution is 2.29. The molecule has 28 heavy (non-hydrogen) atoms. The summed E-state index contributed by atoms with van der Waals surface area (Å²) in [6.07, 6.45) is 0.0900. The van der Waals surface area contributed by atoms with Gasteiger partial charge < -0.3 is 14.7 Å². The van der Waals surface area contributed by atoms with Crippen LogP contribution in [0.3, 0.4) is 0 Å². The molecular weight excluding hydrogens is 363 g/mol. The zero-order valence-electron chi connectivity index (χ0n) is 15.1. The van der Waals surface area contributed by atoms with Crippen molar-refractivity contribution < 1.29 is 18.5 Å². The second kappa shape index (κ2) is 7.22. The standard InChI is InChI=1S/C20H17FN4O3/c1-12-22-19(24-28-12)13-4-2-7-17(8-13)25-11-14(9-18(25)26)20(27)23-16-6-3-5-15(21)10-16/h2-8,10,14H,9,11H2,1H3,(H,23,27)/t14-/m1/s1. The molecule has 1 aromatic heterocycles. The van der Waals surface area contributed by atoms with Crippen molar-refractivity contribution in [2.24, 2.45) is 5.92 Å². The summed E-state index contributed by atoms with van der Waals surface area (Å²) >= 11 is 0. The van der Waals surface area contributed by atoms with Gasteiger partial charge in [-0.2, -0.15) is 4.98 Å². The van der Waals surface area contributed by atoms with Crippen molar-refractivity contribution in [3.63, 3.8) is 0 Å². The summed E-state index contributed by atoms with van der Waals surface area (Å²) in [5.41, 5.74) is 1.74. The van der Waals surface area contributed by atoms with E-state index in [1.807, 2.05) is 6.07 Å². The maximum absolute atomic E-state index is 13.3. The molecule has 0 spiro atoms. The third-order valence-corrected chi connectivity index (χ3v) is 4.53. The van der Waals surface area contributed by atoms with Crippen molar-refractivity contribution in [3.8, 4) is 11.4 Å². The predicted octanol–water partition coefficient (Wildman–Crippen LogP) is 3.18. The fraction of sp³-hybridized carbons (Fsp3) is 0.200. The van der Waals surface area contributed by atoms with E-state index in [-0.39, 0.29) is 24.8 Å². The number of hydrogen-bond acceptors (Lipinski definition) is 5. The minimum Gasteiger partial charge on any atom is -0.339 e. The summed E-state index contributed by atoms with van der Waals surface area (Å²) in [6.45, 7) is 1.95. The summed E-state index contributed by atoms with van der Waals surface area (Å²) in [5.74, 6) is -0.535. The van der Waals surface area contributed by atoms with Crippen LogP contribution in [-0.2, 0) is 9.59 Å². The van der Waals surface area contributed by atoms with Crippen LogP contribution in [0.1, 0.15) is 12.3 Å². The van der Waals surface area contributed by atoms with Crippen LogP contribution in [0.4, 0.5) is 15.8 Å². The van der Waals surface area contributed by atoms with Crippen LogP contribution >= 0.6 is 0 Å². The quantitative estimate of drug-likeness (QED) is 0.751. The lowest BCUT2D eigenvalue weighted by atomic mass is 10.1. The van der Waals surface area contributed by atoms with E-state index in [9.17, 15) is 14.0 Å². The van der Waals surface area contributed by atoms with Gasteiger partial charge in [-0.1, -0.05) is 23.4 Å². The number of carbonyl (C=O) groups excluding carboxylic acids is 2. The smallest absolute Gasteiger partial charge is 0.229 e. The predicted molar refractivity (Wildman–Crippen MR) is 100.0 cm³/mol. The van der Waals surface area contributed by atoms with Gasteiger partial charge in [0.2, 0.25) is 23.5 Å². The number of benzene rings is 2. The Kier molecular flexibility index (Phi) is 4.60. The average molecular weight is 380 g/mol. The normalized spacial score (nSPS) is 16.4. The Labute approximate surface area is 160 Å². The monoisotopic (exact) mass is 380 g/mol. The number of aromatic nitrogens is 2. The number of amides is 2. The molecule has 0 aliphatic carbocycles. The van der Waals surface area contributed by atoms with E-state index in [0.717, 1.165) is 5.56 Å². The van der Waals surface area contributed by atoms with Crippen molar-refractivity contribution in [1.29, 1.82) is 0 Å². The van der Waals surface area contributed by atoms with Crippen LogP contribution in [0, 0.1) is 18.7 Å². The molecule has 2 heterocycles. The Morgan fingerprint density at radius 3 is 2.82 bits per heavy atom. The average Bonchev–Trinajstić information content (AvgIpc) is 3.28. The van der Waals surface area contributed by atoms with Crippen molar-refractivity contribution in [2.45, 2.75) is 13.3 Å². The molecule has 4 rings (SSSR count). The number of aryl methyl sites for hydroxylation is 1. The van der Waals surface area contributed by atoms with E-state index in [0.29, 0.717) is 23.1 Å². The van der Waals surface area contributed by atoms with Gasteiger partial charge in [0.15, 0.2) is 0 Å². The van der Waals surface area contributed by atoms with Gasteiger partial charge >= 0.3 is 0 Å².